The van der Waals surface area contributed by atoms with E-state index in [9.17, 15) is 0 Å². The Kier molecular flexibility index (Phi) is 4.19. The number of benzene rings is 1. The van der Waals surface area contributed by atoms with Gasteiger partial charge in [-0.2, -0.15) is 0 Å². The molecule has 0 amide bonds. The molecule has 0 radical (unpaired) electrons. The van der Waals surface area contributed by atoms with Gasteiger partial charge in [0.25, 0.3) is 0 Å². The van der Waals surface area contributed by atoms with Gasteiger partial charge in [-0.3, -0.25) is 0 Å². The quantitative estimate of drug-likeness (QED) is 0.876. The highest BCUT2D eigenvalue weighted by molar-refractivity contribution is 5.29. The first-order valence-electron chi connectivity index (χ1n) is 7.37. The van der Waals surface area contributed by atoms with Gasteiger partial charge < -0.3 is 15.1 Å². The van der Waals surface area contributed by atoms with Crippen LogP contribution >= 0.6 is 0 Å². The van der Waals surface area contributed by atoms with Crippen molar-refractivity contribution < 1.29 is 4.42 Å². The van der Waals surface area contributed by atoms with Gasteiger partial charge in [0.1, 0.15) is 5.76 Å². The number of fused-ring (bicyclic) bond motifs is 1. The lowest BCUT2D eigenvalue weighted by atomic mass is 9.96. The van der Waals surface area contributed by atoms with E-state index < -0.39 is 0 Å². The predicted octanol–water partition coefficient (Wildman–Crippen LogP) is 2.51. The smallest absolute Gasteiger partial charge is 0.105 e. The molecule has 1 aromatic carbocycles. The zero-order chi connectivity index (χ0) is 13.8. The van der Waals surface area contributed by atoms with Crippen molar-refractivity contribution in [3.63, 3.8) is 0 Å². The van der Waals surface area contributed by atoms with Crippen LogP contribution in [0.4, 0.5) is 0 Å². The maximum Gasteiger partial charge on any atom is 0.105 e. The molecule has 0 fully saturated rings. The fourth-order valence-electron chi connectivity index (χ4n) is 2.81. The van der Waals surface area contributed by atoms with Crippen LogP contribution in [0.1, 0.15) is 23.8 Å². The minimum Gasteiger partial charge on any atom is -0.469 e. The minimum absolute atomic E-state index is 0.431. The van der Waals surface area contributed by atoms with Crippen molar-refractivity contribution in [3.8, 4) is 0 Å². The maximum absolute atomic E-state index is 5.39. The molecule has 1 aromatic heterocycles. The number of furan rings is 1. The van der Waals surface area contributed by atoms with Gasteiger partial charge in [-0.05, 0) is 36.6 Å². The van der Waals surface area contributed by atoms with Crippen LogP contribution in [0.5, 0.6) is 0 Å². The molecule has 0 spiro atoms. The molecule has 106 valence electrons. The van der Waals surface area contributed by atoms with E-state index in [1.165, 1.54) is 11.1 Å². The second kappa shape index (κ2) is 6.25. The van der Waals surface area contributed by atoms with Crippen molar-refractivity contribution in [3.05, 3.63) is 59.5 Å². The molecule has 1 aliphatic heterocycles. The largest absolute Gasteiger partial charge is 0.469 e. The lowest BCUT2D eigenvalue weighted by Gasteiger charge is -2.27. The Balaban J connectivity index is 1.48. The summed E-state index contributed by atoms with van der Waals surface area (Å²) in [5.74, 6) is 1.05. The molecule has 2 aromatic rings. The maximum atomic E-state index is 5.39. The Hall–Kier alpha value is -1.58. The van der Waals surface area contributed by atoms with E-state index >= 15 is 0 Å². The number of nitrogens with one attached hydrogen (secondary N) is 2. The highest BCUT2D eigenvalue weighted by Crippen LogP contribution is 2.16. The fraction of sp³-hybridized carbons (Fsp3) is 0.412. The summed E-state index contributed by atoms with van der Waals surface area (Å²) in [6.45, 7) is 4.19. The van der Waals surface area contributed by atoms with Gasteiger partial charge in [0.15, 0.2) is 0 Å². The minimum atomic E-state index is 0.431. The highest BCUT2D eigenvalue weighted by atomic mass is 16.3. The summed E-state index contributed by atoms with van der Waals surface area (Å²) in [7, 11) is 0. The van der Waals surface area contributed by atoms with Crippen LogP contribution in [0.15, 0.2) is 47.1 Å². The summed E-state index contributed by atoms with van der Waals surface area (Å²) in [4.78, 5) is 0. The van der Waals surface area contributed by atoms with Crippen molar-refractivity contribution >= 4 is 0 Å². The van der Waals surface area contributed by atoms with Crippen LogP contribution in [0, 0.1) is 0 Å². The van der Waals surface area contributed by atoms with E-state index in [1.54, 1.807) is 6.26 Å². The zero-order valence-corrected chi connectivity index (χ0v) is 11.9. The molecule has 0 aliphatic carbocycles. The molecule has 2 atom stereocenters. The Bertz CT molecular complexity index is 536. The van der Waals surface area contributed by atoms with Crippen LogP contribution in [-0.2, 0) is 19.4 Å². The summed E-state index contributed by atoms with van der Waals surface area (Å²) in [5, 5.41) is 7.20. The van der Waals surface area contributed by atoms with Crippen LogP contribution in [-0.4, -0.2) is 18.6 Å². The predicted molar refractivity (Wildman–Crippen MR) is 80.7 cm³/mol. The highest BCUT2D eigenvalue weighted by Gasteiger charge is 2.17. The molecule has 2 heterocycles. The summed E-state index contributed by atoms with van der Waals surface area (Å²) < 4.78 is 5.39. The third kappa shape index (κ3) is 3.30. The van der Waals surface area contributed by atoms with Crippen molar-refractivity contribution in [2.45, 2.75) is 38.4 Å². The fourth-order valence-corrected chi connectivity index (χ4v) is 2.81. The molecular formula is C17H22N2O. The van der Waals surface area contributed by atoms with Gasteiger partial charge in [-0.1, -0.05) is 24.3 Å². The molecule has 2 N–H and O–H groups in total. The Morgan fingerprint density at radius 1 is 1.25 bits per heavy atom. The van der Waals surface area contributed by atoms with Gasteiger partial charge >= 0.3 is 0 Å². The van der Waals surface area contributed by atoms with Crippen LogP contribution in [0.2, 0.25) is 0 Å². The number of hydrogen-bond acceptors (Lipinski definition) is 3. The molecule has 0 saturated heterocycles. The molecule has 3 heteroatoms. The summed E-state index contributed by atoms with van der Waals surface area (Å²) >= 11 is 0. The normalized spacial score (nSPS) is 19.6. The summed E-state index contributed by atoms with van der Waals surface area (Å²) in [6.07, 6.45) is 3.79. The lowest BCUT2D eigenvalue weighted by molar-refractivity contribution is 0.404. The number of hydrogen-bond donors (Lipinski definition) is 2. The standard InChI is InChI=1S/C17H22N2O/c1-13(9-17-7-4-8-20-17)18-12-16-10-14-5-2-3-6-15(14)11-19-16/h2-8,13,16,18-19H,9-12H2,1H3. The van der Waals surface area contributed by atoms with E-state index in [-0.39, 0.29) is 0 Å². The van der Waals surface area contributed by atoms with Crippen molar-refractivity contribution in [2.24, 2.45) is 0 Å². The van der Waals surface area contributed by atoms with E-state index in [0.29, 0.717) is 12.1 Å². The monoisotopic (exact) mass is 270 g/mol. The van der Waals surface area contributed by atoms with Gasteiger partial charge in [-0.25, -0.2) is 0 Å². The second-order valence-corrected chi connectivity index (χ2v) is 5.64. The first-order valence-corrected chi connectivity index (χ1v) is 7.37. The molecule has 0 bridgehead atoms. The Morgan fingerprint density at radius 3 is 2.90 bits per heavy atom. The van der Waals surface area contributed by atoms with Crippen molar-refractivity contribution in [1.82, 2.24) is 10.6 Å². The van der Waals surface area contributed by atoms with E-state index in [1.807, 2.05) is 12.1 Å². The van der Waals surface area contributed by atoms with Gasteiger partial charge in [-0.15, -0.1) is 0 Å². The molecule has 2 unspecified atom stereocenters. The molecule has 1 aliphatic rings. The first kappa shape index (κ1) is 13.4. The molecule has 3 nitrogen and oxygen atoms in total. The van der Waals surface area contributed by atoms with Gasteiger partial charge in [0.05, 0.1) is 6.26 Å². The van der Waals surface area contributed by atoms with Gasteiger partial charge in [0.2, 0.25) is 0 Å². The SMILES string of the molecule is CC(Cc1ccco1)NCC1Cc2ccccc2CN1. The van der Waals surface area contributed by atoms with Crippen molar-refractivity contribution in [2.75, 3.05) is 6.54 Å². The summed E-state index contributed by atoms with van der Waals surface area (Å²) in [6, 6.07) is 13.6. The third-order valence-electron chi connectivity index (χ3n) is 3.97. The van der Waals surface area contributed by atoms with Crippen LogP contribution in [0.25, 0.3) is 0 Å². The van der Waals surface area contributed by atoms with Crippen LogP contribution < -0.4 is 10.6 Å². The topological polar surface area (TPSA) is 37.2 Å². The Labute approximate surface area is 120 Å². The van der Waals surface area contributed by atoms with Gasteiger partial charge in [0, 0.05) is 31.6 Å². The van der Waals surface area contributed by atoms with E-state index in [2.05, 4.69) is 41.8 Å². The number of rotatable bonds is 5. The Morgan fingerprint density at radius 2 is 2.10 bits per heavy atom. The molecule has 20 heavy (non-hydrogen) atoms. The lowest BCUT2D eigenvalue weighted by Crippen LogP contribution is -2.45. The molecule has 3 rings (SSSR count). The molecule has 0 saturated carbocycles. The van der Waals surface area contributed by atoms with Crippen molar-refractivity contribution in [1.29, 1.82) is 0 Å². The van der Waals surface area contributed by atoms with Crippen LogP contribution in [0.3, 0.4) is 0 Å². The average Bonchev–Trinajstić information content (AvgIpc) is 2.98. The molecular weight excluding hydrogens is 248 g/mol. The first-order chi connectivity index (χ1) is 9.81. The van der Waals surface area contributed by atoms with E-state index in [0.717, 1.165) is 31.7 Å². The zero-order valence-electron chi connectivity index (χ0n) is 11.9. The second-order valence-electron chi connectivity index (χ2n) is 5.64. The third-order valence-corrected chi connectivity index (χ3v) is 3.97. The van der Waals surface area contributed by atoms with E-state index in [4.69, 9.17) is 4.42 Å². The summed E-state index contributed by atoms with van der Waals surface area (Å²) in [5.41, 5.74) is 2.92. The average molecular weight is 270 g/mol.